The van der Waals surface area contributed by atoms with E-state index in [2.05, 4.69) is 39.0 Å². The van der Waals surface area contributed by atoms with Gasteiger partial charge < -0.3 is 0 Å². The van der Waals surface area contributed by atoms with Crippen molar-refractivity contribution in [1.82, 2.24) is 0 Å². The first-order valence-corrected chi connectivity index (χ1v) is 4.70. The lowest BCUT2D eigenvalue weighted by Gasteiger charge is -2.18. The predicted octanol–water partition coefficient (Wildman–Crippen LogP) is 3.22. The van der Waals surface area contributed by atoms with E-state index in [1.807, 2.05) is 0 Å². The van der Waals surface area contributed by atoms with Crippen molar-refractivity contribution in [3.63, 3.8) is 0 Å². The highest BCUT2D eigenvalue weighted by molar-refractivity contribution is 5.40. The van der Waals surface area contributed by atoms with Gasteiger partial charge in [-0.1, -0.05) is 37.6 Å². The molecule has 0 aliphatic heterocycles. The lowest BCUT2D eigenvalue weighted by atomic mass is 9.86. The van der Waals surface area contributed by atoms with Gasteiger partial charge in [-0.25, -0.2) is 0 Å². The number of fused-ring (bicyclic) bond motifs is 1. The zero-order valence-electron chi connectivity index (χ0n) is 8.15. The van der Waals surface area contributed by atoms with Crippen molar-refractivity contribution < 1.29 is 0 Å². The average Bonchev–Trinajstić information content (AvgIpc) is 2.28. The summed E-state index contributed by atoms with van der Waals surface area (Å²) in [4.78, 5) is 0. The second-order valence-electron chi connectivity index (χ2n) is 4.54. The quantitative estimate of drug-likeness (QED) is 0.546. The molecule has 1 aromatic rings. The van der Waals surface area contributed by atoms with Crippen LogP contribution in [0.1, 0.15) is 37.0 Å². The topological polar surface area (TPSA) is 0 Å². The van der Waals surface area contributed by atoms with Crippen LogP contribution in [-0.2, 0) is 11.8 Å². The van der Waals surface area contributed by atoms with E-state index in [1.165, 1.54) is 18.4 Å². The Morgan fingerprint density at radius 1 is 1.25 bits per heavy atom. The van der Waals surface area contributed by atoms with Crippen LogP contribution in [0.5, 0.6) is 0 Å². The van der Waals surface area contributed by atoms with Crippen LogP contribution in [0.4, 0.5) is 0 Å². The van der Waals surface area contributed by atoms with Crippen molar-refractivity contribution in [2.24, 2.45) is 0 Å². The number of hydrogen-bond donors (Lipinski definition) is 0. The van der Waals surface area contributed by atoms with Crippen LogP contribution in [0.3, 0.4) is 0 Å². The summed E-state index contributed by atoms with van der Waals surface area (Å²) in [6.07, 6.45) is 2.58. The lowest BCUT2D eigenvalue weighted by molar-refractivity contribution is 0.522. The van der Waals surface area contributed by atoms with Crippen molar-refractivity contribution in [3.8, 4) is 0 Å². The minimum absolute atomic E-state index is 0.418. The Morgan fingerprint density at radius 3 is 2.75 bits per heavy atom. The van der Waals surface area contributed by atoms with Crippen molar-refractivity contribution in [1.29, 1.82) is 0 Å². The molecule has 2 rings (SSSR count). The van der Waals surface area contributed by atoms with E-state index in [0.29, 0.717) is 5.41 Å². The molecule has 12 heavy (non-hydrogen) atoms. The van der Waals surface area contributed by atoms with Crippen LogP contribution in [0, 0.1) is 6.92 Å². The second kappa shape index (κ2) is 2.35. The largest absolute Gasteiger partial charge is 0.0590 e. The molecule has 64 valence electrons. The van der Waals surface area contributed by atoms with E-state index in [4.69, 9.17) is 0 Å². The van der Waals surface area contributed by atoms with Gasteiger partial charge in [0.2, 0.25) is 0 Å². The molecule has 1 aliphatic rings. The van der Waals surface area contributed by atoms with E-state index in [-0.39, 0.29) is 0 Å². The first-order chi connectivity index (χ1) is 5.59. The predicted molar refractivity (Wildman–Crippen MR) is 52.5 cm³/mol. The first-order valence-electron chi connectivity index (χ1n) is 4.70. The Bertz CT molecular complexity index is 308. The normalized spacial score (nSPS) is 19.2. The maximum absolute atomic E-state index is 2.35. The maximum atomic E-state index is 2.35. The summed E-state index contributed by atoms with van der Waals surface area (Å²) in [7, 11) is 0. The molecular weight excluding hydrogens is 144 g/mol. The third-order valence-electron chi connectivity index (χ3n) is 3.01. The van der Waals surface area contributed by atoms with Crippen molar-refractivity contribution in [2.45, 2.75) is 39.0 Å². The molecule has 0 N–H and O–H groups in total. The Balaban J connectivity index is 2.57. The summed E-state index contributed by atoms with van der Waals surface area (Å²) in [5, 5.41) is 0. The van der Waals surface area contributed by atoms with Gasteiger partial charge in [0.1, 0.15) is 0 Å². The minimum atomic E-state index is 0.418. The summed E-state index contributed by atoms with van der Waals surface area (Å²) in [6, 6.07) is 6.86. The van der Waals surface area contributed by atoms with Gasteiger partial charge in [-0.3, -0.25) is 0 Å². The number of hydrogen-bond acceptors (Lipinski definition) is 0. The second-order valence-corrected chi connectivity index (χ2v) is 4.54. The highest BCUT2D eigenvalue weighted by Crippen LogP contribution is 2.38. The van der Waals surface area contributed by atoms with E-state index < -0.39 is 0 Å². The molecule has 1 aliphatic carbocycles. The van der Waals surface area contributed by atoms with Gasteiger partial charge in [0.25, 0.3) is 0 Å². The van der Waals surface area contributed by atoms with Crippen LogP contribution in [0.2, 0.25) is 0 Å². The average molecular weight is 160 g/mol. The fraction of sp³-hybridized carbons (Fsp3) is 0.500. The first kappa shape index (κ1) is 7.85. The maximum Gasteiger partial charge on any atom is -0.00976 e. The van der Waals surface area contributed by atoms with Crippen LogP contribution in [-0.4, -0.2) is 0 Å². The Morgan fingerprint density at radius 2 is 2.00 bits per heavy atom. The van der Waals surface area contributed by atoms with Crippen LogP contribution in [0.15, 0.2) is 18.2 Å². The standard InChI is InChI=1S/C12H16/c1-9-4-5-10-6-7-12(2,3)11(10)8-9/h4-5,8H,6-7H2,1-3H3. The SMILES string of the molecule is Cc1ccc2c(c1)C(C)(C)CC2. The molecule has 0 bridgehead atoms. The number of rotatable bonds is 0. The molecule has 1 aromatic carbocycles. The fourth-order valence-electron chi connectivity index (χ4n) is 2.12. The van der Waals surface area contributed by atoms with Gasteiger partial charge in [0.05, 0.1) is 0 Å². The van der Waals surface area contributed by atoms with Crippen LogP contribution >= 0.6 is 0 Å². The molecule has 0 heterocycles. The van der Waals surface area contributed by atoms with Crippen molar-refractivity contribution in [2.75, 3.05) is 0 Å². The zero-order valence-corrected chi connectivity index (χ0v) is 8.15. The monoisotopic (exact) mass is 160 g/mol. The molecular formula is C12H16. The summed E-state index contributed by atoms with van der Waals surface area (Å²) < 4.78 is 0. The zero-order chi connectivity index (χ0) is 8.77. The third-order valence-corrected chi connectivity index (χ3v) is 3.01. The Kier molecular flexibility index (Phi) is 1.54. The molecule has 0 heteroatoms. The third kappa shape index (κ3) is 1.06. The molecule has 0 radical (unpaired) electrons. The molecule has 0 nitrogen and oxygen atoms in total. The van der Waals surface area contributed by atoms with Gasteiger partial charge in [-0.2, -0.15) is 0 Å². The molecule has 0 aromatic heterocycles. The summed E-state index contributed by atoms with van der Waals surface area (Å²) in [5.74, 6) is 0. The summed E-state index contributed by atoms with van der Waals surface area (Å²) in [6.45, 7) is 6.87. The number of aryl methyl sites for hydroxylation is 2. The lowest BCUT2D eigenvalue weighted by Crippen LogP contribution is -2.11. The van der Waals surface area contributed by atoms with Crippen molar-refractivity contribution >= 4 is 0 Å². The molecule has 0 atom stereocenters. The van der Waals surface area contributed by atoms with Gasteiger partial charge in [-0.15, -0.1) is 0 Å². The molecule has 0 spiro atoms. The molecule has 0 unspecified atom stereocenters. The van der Waals surface area contributed by atoms with Crippen LogP contribution in [0.25, 0.3) is 0 Å². The highest BCUT2D eigenvalue weighted by Gasteiger charge is 2.29. The molecule has 0 saturated heterocycles. The molecule has 0 saturated carbocycles. The van der Waals surface area contributed by atoms with E-state index in [1.54, 1.807) is 11.1 Å². The van der Waals surface area contributed by atoms with Gasteiger partial charge in [-0.05, 0) is 36.3 Å². The fourth-order valence-corrected chi connectivity index (χ4v) is 2.12. The van der Waals surface area contributed by atoms with Gasteiger partial charge in [0, 0.05) is 0 Å². The Labute approximate surface area is 74.6 Å². The van der Waals surface area contributed by atoms with Crippen molar-refractivity contribution in [3.05, 3.63) is 34.9 Å². The van der Waals surface area contributed by atoms with Crippen LogP contribution < -0.4 is 0 Å². The van der Waals surface area contributed by atoms with E-state index in [0.717, 1.165) is 0 Å². The number of benzene rings is 1. The Hall–Kier alpha value is -0.780. The molecule has 0 amide bonds. The highest BCUT2D eigenvalue weighted by atomic mass is 14.3. The smallest absolute Gasteiger partial charge is 0.00976 e. The van der Waals surface area contributed by atoms with E-state index in [9.17, 15) is 0 Å². The molecule has 0 fully saturated rings. The van der Waals surface area contributed by atoms with Gasteiger partial charge >= 0.3 is 0 Å². The van der Waals surface area contributed by atoms with E-state index >= 15 is 0 Å². The van der Waals surface area contributed by atoms with Gasteiger partial charge in [0.15, 0.2) is 0 Å². The summed E-state index contributed by atoms with van der Waals surface area (Å²) >= 11 is 0. The summed E-state index contributed by atoms with van der Waals surface area (Å²) in [5.41, 5.74) is 4.94. The minimum Gasteiger partial charge on any atom is -0.0590 e.